The van der Waals surface area contributed by atoms with E-state index >= 15 is 0 Å². The fraction of sp³-hybridized carbons (Fsp3) is 0.385. The zero-order valence-electron chi connectivity index (χ0n) is 11.0. The van der Waals surface area contributed by atoms with Gasteiger partial charge < -0.3 is 4.57 Å². The van der Waals surface area contributed by atoms with Gasteiger partial charge in [-0.15, -0.1) is 0 Å². The van der Waals surface area contributed by atoms with Crippen molar-refractivity contribution < 1.29 is 0 Å². The van der Waals surface area contributed by atoms with Crippen molar-refractivity contribution in [1.29, 1.82) is 0 Å². The first-order valence-electron chi connectivity index (χ1n) is 6.08. The Hall–Kier alpha value is -1.72. The van der Waals surface area contributed by atoms with E-state index in [2.05, 4.69) is 33.0 Å². The van der Waals surface area contributed by atoms with E-state index in [4.69, 9.17) is 5.84 Å². The van der Waals surface area contributed by atoms with Gasteiger partial charge in [-0.1, -0.05) is 6.07 Å². The quantitative estimate of drug-likeness (QED) is 0.632. The lowest BCUT2D eigenvalue weighted by molar-refractivity contribution is 0.557. The second kappa shape index (κ2) is 5.29. The molecule has 2 aromatic rings. The Kier molecular flexibility index (Phi) is 3.74. The molecular weight excluding hydrogens is 226 g/mol. The van der Waals surface area contributed by atoms with Gasteiger partial charge in [0.05, 0.1) is 0 Å². The van der Waals surface area contributed by atoms with E-state index in [1.807, 2.05) is 26.1 Å². The van der Waals surface area contributed by atoms with Crippen LogP contribution in [0.15, 0.2) is 24.5 Å². The summed E-state index contributed by atoms with van der Waals surface area (Å²) in [5.74, 6) is 6.61. The highest BCUT2D eigenvalue weighted by atomic mass is 15.3. The second-order valence-electron chi connectivity index (χ2n) is 4.30. The maximum Gasteiger partial charge on any atom is 0.131 e. The van der Waals surface area contributed by atoms with Crippen LogP contribution in [0, 0.1) is 13.8 Å². The van der Waals surface area contributed by atoms with Crippen LogP contribution in [0.4, 0.5) is 0 Å². The minimum Gasteiger partial charge on any atom is -0.334 e. The average molecular weight is 245 g/mol. The average Bonchev–Trinajstić information content (AvgIpc) is 2.81. The normalized spacial score (nSPS) is 12.7. The fourth-order valence-electron chi connectivity index (χ4n) is 2.15. The Morgan fingerprint density at radius 1 is 1.39 bits per heavy atom. The predicted octanol–water partition coefficient (Wildman–Crippen LogP) is 1.47. The number of rotatable bonds is 4. The topological polar surface area (TPSA) is 68.8 Å². The van der Waals surface area contributed by atoms with Crippen molar-refractivity contribution in [2.45, 2.75) is 33.4 Å². The van der Waals surface area contributed by atoms with Crippen LogP contribution in [0.25, 0.3) is 0 Å². The van der Waals surface area contributed by atoms with E-state index < -0.39 is 0 Å². The standard InChI is InChI=1S/C13H19N5/c1-4-18-8-7-15-13(18)12(17-14)11-6-5-9(2)16-10(11)3/h5-8,12,17H,4,14H2,1-3H3. The highest BCUT2D eigenvalue weighted by molar-refractivity contribution is 5.29. The Morgan fingerprint density at radius 3 is 2.78 bits per heavy atom. The molecule has 0 saturated heterocycles. The number of imidazole rings is 1. The molecule has 18 heavy (non-hydrogen) atoms. The van der Waals surface area contributed by atoms with Gasteiger partial charge in [0.2, 0.25) is 0 Å². The molecule has 0 aliphatic rings. The lowest BCUT2D eigenvalue weighted by Gasteiger charge is -2.19. The summed E-state index contributed by atoms with van der Waals surface area (Å²) in [6.45, 7) is 6.92. The third kappa shape index (κ3) is 2.27. The minimum atomic E-state index is -0.131. The summed E-state index contributed by atoms with van der Waals surface area (Å²) in [4.78, 5) is 8.87. The van der Waals surface area contributed by atoms with E-state index in [1.54, 1.807) is 6.20 Å². The molecule has 0 radical (unpaired) electrons. The largest absolute Gasteiger partial charge is 0.334 e. The maximum absolute atomic E-state index is 5.70. The Balaban J connectivity index is 2.45. The van der Waals surface area contributed by atoms with Crippen LogP contribution in [-0.4, -0.2) is 14.5 Å². The fourth-order valence-corrected chi connectivity index (χ4v) is 2.15. The highest BCUT2D eigenvalue weighted by Gasteiger charge is 2.19. The van der Waals surface area contributed by atoms with Crippen LogP contribution in [-0.2, 0) is 6.54 Å². The van der Waals surface area contributed by atoms with Crippen LogP contribution in [0.1, 0.15) is 35.7 Å². The molecule has 0 bridgehead atoms. The molecule has 0 aliphatic heterocycles. The first-order chi connectivity index (χ1) is 8.67. The summed E-state index contributed by atoms with van der Waals surface area (Å²) in [7, 11) is 0. The molecule has 1 unspecified atom stereocenters. The maximum atomic E-state index is 5.70. The molecule has 96 valence electrons. The van der Waals surface area contributed by atoms with Crippen LogP contribution >= 0.6 is 0 Å². The smallest absolute Gasteiger partial charge is 0.131 e. The van der Waals surface area contributed by atoms with E-state index in [0.29, 0.717) is 0 Å². The number of pyridine rings is 1. The number of aromatic nitrogens is 3. The van der Waals surface area contributed by atoms with E-state index in [1.165, 1.54) is 0 Å². The molecule has 0 amide bonds. The summed E-state index contributed by atoms with van der Waals surface area (Å²) in [5, 5.41) is 0. The molecular formula is C13H19N5. The van der Waals surface area contributed by atoms with Crippen LogP contribution in [0.5, 0.6) is 0 Å². The molecule has 5 nitrogen and oxygen atoms in total. The number of hydrogen-bond acceptors (Lipinski definition) is 4. The van der Waals surface area contributed by atoms with Crippen molar-refractivity contribution in [1.82, 2.24) is 20.0 Å². The van der Waals surface area contributed by atoms with Gasteiger partial charge in [0.1, 0.15) is 11.9 Å². The van der Waals surface area contributed by atoms with Crippen LogP contribution < -0.4 is 11.3 Å². The van der Waals surface area contributed by atoms with Gasteiger partial charge in [-0.3, -0.25) is 10.8 Å². The predicted molar refractivity (Wildman–Crippen MR) is 70.8 cm³/mol. The SMILES string of the molecule is CCn1ccnc1C(NN)c1ccc(C)nc1C. The van der Waals surface area contributed by atoms with E-state index in [0.717, 1.165) is 29.3 Å². The molecule has 0 fully saturated rings. The van der Waals surface area contributed by atoms with E-state index in [-0.39, 0.29) is 6.04 Å². The summed E-state index contributed by atoms with van der Waals surface area (Å²) in [6.07, 6.45) is 3.75. The van der Waals surface area contributed by atoms with Crippen molar-refractivity contribution in [2.75, 3.05) is 0 Å². The summed E-state index contributed by atoms with van der Waals surface area (Å²) < 4.78 is 2.07. The van der Waals surface area contributed by atoms with Gasteiger partial charge in [0.25, 0.3) is 0 Å². The number of nitrogens with two attached hydrogens (primary N) is 1. The second-order valence-corrected chi connectivity index (χ2v) is 4.30. The van der Waals surface area contributed by atoms with Crippen molar-refractivity contribution in [3.05, 3.63) is 47.3 Å². The zero-order chi connectivity index (χ0) is 13.1. The third-order valence-electron chi connectivity index (χ3n) is 3.09. The molecule has 0 saturated carbocycles. The van der Waals surface area contributed by atoms with E-state index in [9.17, 15) is 0 Å². The van der Waals surface area contributed by atoms with Crippen molar-refractivity contribution in [3.63, 3.8) is 0 Å². The molecule has 5 heteroatoms. The van der Waals surface area contributed by atoms with Gasteiger partial charge in [0.15, 0.2) is 0 Å². The van der Waals surface area contributed by atoms with Crippen molar-refractivity contribution in [3.8, 4) is 0 Å². The lowest BCUT2D eigenvalue weighted by atomic mass is 10.0. The van der Waals surface area contributed by atoms with Gasteiger partial charge in [-0.05, 0) is 32.4 Å². The van der Waals surface area contributed by atoms with Gasteiger partial charge in [-0.2, -0.15) is 0 Å². The van der Waals surface area contributed by atoms with Crippen molar-refractivity contribution in [2.24, 2.45) is 5.84 Å². The third-order valence-corrected chi connectivity index (χ3v) is 3.09. The number of aryl methyl sites for hydroxylation is 3. The molecule has 2 rings (SSSR count). The highest BCUT2D eigenvalue weighted by Crippen LogP contribution is 2.22. The zero-order valence-corrected chi connectivity index (χ0v) is 11.0. The number of nitrogens with one attached hydrogen (secondary N) is 1. The van der Waals surface area contributed by atoms with Gasteiger partial charge in [-0.25, -0.2) is 10.4 Å². The number of hydrazine groups is 1. The van der Waals surface area contributed by atoms with Crippen molar-refractivity contribution >= 4 is 0 Å². The first-order valence-corrected chi connectivity index (χ1v) is 6.08. The lowest BCUT2D eigenvalue weighted by Crippen LogP contribution is -2.31. The van der Waals surface area contributed by atoms with Gasteiger partial charge >= 0.3 is 0 Å². The molecule has 2 aromatic heterocycles. The Bertz CT molecular complexity index is 532. The molecule has 2 heterocycles. The molecule has 0 aromatic carbocycles. The first kappa shape index (κ1) is 12.7. The summed E-state index contributed by atoms with van der Waals surface area (Å²) in [6, 6.07) is 3.91. The Labute approximate surface area is 107 Å². The Morgan fingerprint density at radius 2 is 2.17 bits per heavy atom. The summed E-state index contributed by atoms with van der Waals surface area (Å²) in [5.41, 5.74) is 5.87. The van der Waals surface area contributed by atoms with Gasteiger partial charge in [0, 0.05) is 30.3 Å². The van der Waals surface area contributed by atoms with Crippen LogP contribution in [0.2, 0.25) is 0 Å². The monoisotopic (exact) mass is 245 g/mol. The molecule has 0 aliphatic carbocycles. The molecule has 3 N–H and O–H groups in total. The van der Waals surface area contributed by atoms with Crippen LogP contribution in [0.3, 0.4) is 0 Å². The minimum absolute atomic E-state index is 0.131. The number of hydrogen-bond donors (Lipinski definition) is 2. The summed E-state index contributed by atoms with van der Waals surface area (Å²) >= 11 is 0. The molecule has 1 atom stereocenters. The number of nitrogens with zero attached hydrogens (tertiary/aromatic N) is 3. The molecule has 0 spiro atoms.